The molecule has 1 aromatic carbocycles. The molecule has 1 unspecified atom stereocenters. The largest absolute Gasteiger partial charge is 0.363 e. The lowest BCUT2D eigenvalue weighted by Gasteiger charge is -2.24. The van der Waals surface area contributed by atoms with E-state index in [0.29, 0.717) is 18.1 Å². The molecule has 2 rings (SSSR count). The Morgan fingerprint density at radius 1 is 1.38 bits per heavy atom. The molecule has 0 spiro atoms. The molecule has 21 heavy (non-hydrogen) atoms. The van der Waals surface area contributed by atoms with Gasteiger partial charge < -0.3 is 15.5 Å². The number of rotatable bonds is 7. The fourth-order valence-corrected chi connectivity index (χ4v) is 2.79. The van der Waals surface area contributed by atoms with E-state index in [1.54, 1.807) is 0 Å². The van der Waals surface area contributed by atoms with Crippen molar-refractivity contribution in [2.24, 2.45) is 0 Å². The van der Waals surface area contributed by atoms with Crippen molar-refractivity contribution in [3.05, 3.63) is 48.0 Å². The van der Waals surface area contributed by atoms with Crippen molar-refractivity contribution in [2.75, 3.05) is 29.9 Å². The molecule has 4 nitrogen and oxygen atoms in total. The predicted octanol–water partition coefficient (Wildman–Crippen LogP) is 3.12. The van der Waals surface area contributed by atoms with E-state index in [0.717, 1.165) is 23.5 Å². The zero-order chi connectivity index (χ0) is 15.4. The molecule has 0 saturated heterocycles. The summed E-state index contributed by atoms with van der Waals surface area (Å²) in [6.45, 7) is 11.5. The lowest BCUT2D eigenvalue weighted by molar-refractivity contribution is -0.117. The van der Waals surface area contributed by atoms with Gasteiger partial charge in [-0.25, -0.2) is 0 Å². The fourth-order valence-electron chi connectivity index (χ4n) is 2.50. The Hall–Kier alpha value is -1.78. The van der Waals surface area contributed by atoms with Crippen LogP contribution in [-0.2, 0) is 4.79 Å². The minimum absolute atomic E-state index is 0.0425. The summed E-state index contributed by atoms with van der Waals surface area (Å²) in [5.74, 6) is -0.0425. The number of halogens is 1. The average molecular weight is 306 g/mol. The number of carbonyl (C=O) groups excluding carboxylic acids is 1. The number of likely N-dealkylation sites (N-methyl/N-ethyl adjacent to an activating group) is 1. The topological polar surface area (TPSA) is 44.4 Å². The van der Waals surface area contributed by atoms with Gasteiger partial charge in [0.25, 0.3) is 0 Å². The third-order valence-electron chi connectivity index (χ3n) is 3.40. The lowest BCUT2D eigenvalue weighted by Crippen LogP contribution is -2.27. The molecule has 0 saturated carbocycles. The summed E-state index contributed by atoms with van der Waals surface area (Å²) in [4.78, 5) is 14.1. The Bertz CT molecular complexity index is 561. The minimum Gasteiger partial charge on any atom is -0.363 e. The highest BCUT2D eigenvalue weighted by molar-refractivity contribution is 6.33. The van der Waals surface area contributed by atoms with Gasteiger partial charge in [0.15, 0.2) is 0 Å². The third kappa shape index (κ3) is 3.12. The molecule has 2 N–H and O–H groups in total. The van der Waals surface area contributed by atoms with Crippen molar-refractivity contribution in [2.45, 2.75) is 13.0 Å². The Kier molecular flexibility index (Phi) is 5.04. The number of fused-ring (bicyclic) bond motifs is 1. The van der Waals surface area contributed by atoms with Gasteiger partial charge in [-0.1, -0.05) is 30.7 Å². The van der Waals surface area contributed by atoms with E-state index in [2.05, 4.69) is 28.7 Å². The normalized spacial score (nSPS) is 16.3. The second-order valence-electron chi connectivity index (χ2n) is 4.85. The molecule has 5 heteroatoms. The summed E-state index contributed by atoms with van der Waals surface area (Å²) in [6, 6.07) is 3.44. The Morgan fingerprint density at radius 2 is 2.05 bits per heavy atom. The molecule has 112 valence electrons. The van der Waals surface area contributed by atoms with Crippen LogP contribution in [0.25, 0.3) is 0 Å². The lowest BCUT2D eigenvalue weighted by atomic mass is 10.1. The molecule has 0 bridgehead atoms. The van der Waals surface area contributed by atoms with Gasteiger partial charge in [0.1, 0.15) is 6.04 Å². The highest BCUT2D eigenvalue weighted by Crippen LogP contribution is 2.38. The second kappa shape index (κ2) is 6.78. The van der Waals surface area contributed by atoms with Gasteiger partial charge >= 0.3 is 0 Å². The van der Waals surface area contributed by atoms with Crippen molar-refractivity contribution >= 4 is 28.9 Å². The van der Waals surface area contributed by atoms with E-state index in [1.807, 2.05) is 31.2 Å². The van der Waals surface area contributed by atoms with Crippen molar-refractivity contribution in [1.29, 1.82) is 0 Å². The molecular formula is C16H20ClN3O. The number of nitrogens with zero attached hydrogens (tertiary/aromatic N) is 1. The van der Waals surface area contributed by atoms with Gasteiger partial charge in [-0.3, -0.25) is 4.79 Å². The summed E-state index contributed by atoms with van der Waals surface area (Å²) >= 11 is 6.41. The SMILES string of the molecule is C=CCN(CC=C)c1cc2c(cc1Cl)C(NCC)C(=O)N2. The zero-order valence-corrected chi connectivity index (χ0v) is 12.9. The number of hydrogen-bond donors (Lipinski definition) is 2. The van der Waals surface area contributed by atoms with E-state index >= 15 is 0 Å². The van der Waals surface area contributed by atoms with Gasteiger partial charge in [0, 0.05) is 24.3 Å². The van der Waals surface area contributed by atoms with E-state index in [-0.39, 0.29) is 11.9 Å². The van der Waals surface area contributed by atoms with Crippen LogP contribution in [0.2, 0.25) is 5.02 Å². The number of carbonyl (C=O) groups is 1. The predicted molar refractivity (Wildman–Crippen MR) is 89.1 cm³/mol. The highest BCUT2D eigenvalue weighted by atomic mass is 35.5. The molecule has 1 amide bonds. The van der Waals surface area contributed by atoms with Gasteiger partial charge in [-0.05, 0) is 18.7 Å². The van der Waals surface area contributed by atoms with Crippen LogP contribution in [0.3, 0.4) is 0 Å². The number of anilines is 2. The second-order valence-corrected chi connectivity index (χ2v) is 5.26. The van der Waals surface area contributed by atoms with Gasteiger partial charge in [0.05, 0.1) is 10.7 Å². The molecular weight excluding hydrogens is 286 g/mol. The molecule has 0 radical (unpaired) electrons. The Morgan fingerprint density at radius 3 is 2.62 bits per heavy atom. The van der Waals surface area contributed by atoms with Crippen LogP contribution in [0.4, 0.5) is 11.4 Å². The van der Waals surface area contributed by atoms with Crippen LogP contribution in [0, 0.1) is 0 Å². The summed E-state index contributed by atoms with van der Waals surface area (Å²) < 4.78 is 0. The molecule has 1 atom stereocenters. The summed E-state index contributed by atoms with van der Waals surface area (Å²) in [6.07, 6.45) is 3.63. The highest BCUT2D eigenvalue weighted by Gasteiger charge is 2.31. The summed E-state index contributed by atoms with van der Waals surface area (Å²) in [5.41, 5.74) is 2.57. The Labute approximate surface area is 130 Å². The molecule has 0 fully saturated rings. The Balaban J connectivity index is 2.40. The van der Waals surface area contributed by atoms with Crippen LogP contribution < -0.4 is 15.5 Å². The average Bonchev–Trinajstić information content (AvgIpc) is 2.74. The number of hydrogen-bond acceptors (Lipinski definition) is 3. The molecule has 1 heterocycles. The molecule has 1 aliphatic heterocycles. The van der Waals surface area contributed by atoms with Crippen LogP contribution in [0.15, 0.2) is 37.4 Å². The summed E-state index contributed by atoms with van der Waals surface area (Å²) in [7, 11) is 0. The number of amides is 1. The maximum absolute atomic E-state index is 12.0. The van der Waals surface area contributed by atoms with Gasteiger partial charge in [0.2, 0.25) is 5.91 Å². The fraction of sp³-hybridized carbons (Fsp3) is 0.312. The number of benzene rings is 1. The molecule has 1 aliphatic rings. The van der Waals surface area contributed by atoms with Crippen molar-refractivity contribution in [3.63, 3.8) is 0 Å². The van der Waals surface area contributed by atoms with E-state index in [9.17, 15) is 4.79 Å². The quantitative estimate of drug-likeness (QED) is 0.761. The maximum atomic E-state index is 12.0. The first kappa shape index (κ1) is 15.6. The molecule has 0 aromatic heterocycles. The van der Waals surface area contributed by atoms with Crippen molar-refractivity contribution in [3.8, 4) is 0 Å². The van der Waals surface area contributed by atoms with Crippen LogP contribution in [0.1, 0.15) is 18.5 Å². The monoisotopic (exact) mass is 305 g/mol. The van der Waals surface area contributed by atoms with Gasteiger partial charge in [-0.15, -0.1) is 13.2 Å². The zero-order valence-electron chi connectivity index (χ0n) is 12.2. The third-order valence-corrected chi connectivity index (χ3v) is 3.70. The van der Waals surface area contributed by atoms with Gasteiger partial charge in [-0.2, -0.15) is 0 Å². The van der Waals surface area contributed by atoms with Crippen LogP contribution in [-0.4, -0.2) is 25.5 Å². The first-order valence-corrected chi connectivity index (χ1v) is 7.34. The van der Waals surface area contributed by atoms with E-state index < -0.39 is 0 Å². The van der Waals surface area contributed by atoms with Crippen molar-refractivity contribution < 1.29 is 4.79 Å². The van der Waals surface area contributed by atoms with Crippen LogP contribution >= 0.6 is 11.6 Å². The molecule has 1 aromatic rings. The van der Waals surface area contributed by atoms with E-state index in [4.69, 9.17) is 11.6 Å². The summed E-state index contributed by atoms with van der Waals surface area (Å²) in [5, 5.41) is 6.68. The number of nitrogens with one attached hydrogen (secondary N) is 2. The first-order chi connectivity index (χ1) is 10.1. The van der Waals surface area contributed by atoms with Crippen molar-refractivity contribution in [1.82, 2.24) is 5.32 Å². The first-order valence-electron chi connectivity index (χ1n) is 6.96. The molecule has 0 aliphatic carbocycles. The standard InChI is InChI=1S/C16H20ClN3O/c1-4-7-20(8-5-2)14-10-13-11(9-12(14)17)15(18-6-3)16(21)19-13/h4-5,9-10,15,18H,1-2,6-8H2,3H3,(H,19,21). The van der Waals surface area contributed by atoms with E-state index in [1.165, 1.54) is 0 Å². The minimum atomic E-state index is -0.330. The maximum Gasteiger partial charge on any atom is 0.246 e. The van der Waals surface area contributed by atoms with Crippen LogP contribution in [0.5, 0.6) is 0 Å². The smallest absolute Gasteiger partial charge is 0.246 e.